The van der Waals surface area contributed by atoms with Gasteiger partial charge in [-0.2, -0.15) is 13.2 Å². The smallest absolute Gasteiger partial charge is 0.393 e. The van der Waals surface area contributed by atoms with Crippen molar-refractivity contribution in [3.8, 4) is 5.75 Å². The summed E-state index contributed by atoms with van der Waals surface area (Å²) in [7, 11) is -2.13. The largest absolute Gasteiger partial charge is 0.497 e. The zero-order chi connectivity index (χ0) is 17.8. The molecule has 0 saturated heterocycles. The Labute approximate surface area is 140 Å². The second-order valence-electron chi connectivity index (χ2n) is 5.99. The van der Waals surface area contributed by atoms with Gasteiger partial charge in [0.25, 0.3) is 0 Å². The molecule has 0 spiro atoms. The molecular weight excluding hydrogens is 343 g/mol. The highest BCUT2D eigenvalue weighted by molar-refractivity contribution is 7.91. The zero-order valence-corrected chi connectivity index (χ0v) is 14.3. The van der Waals surface area contributed by atoms with Crippen molar-refractivity contribution >= 4 is 9.84 Å². The topological polar surface area (TPSA) is 55.4 Å². The highest BCUT2D eigenvalue weighted by atomic mass is 32.2. The maximum atomic E-state index is 13.0. The van der Waals surface area contributed by atoms with Gasteiger partial charge < -0.3 is 10.1 Å². The predicted octanol–water partition coefficient (Wildman–Crippen LogP) is 3.18. The number of sulfone groups is 1. The summed E-state index contributed by atoms with van der Waals surface area (Å²) in [6.07, 6.45) is -2.44. The number of benzene rings is 1. The van der Waals surface area contributed by atoms with Gasteiger partial charge in [0, 0.05) is 12.6 Å². The number of alkyl halides is 3. The van der Waals surface area contributed by atoms with E-state index in [9.17, 15) is 21.6 Å². The van der Waals surface area contributed by atoms with Gasteiger partial charge in [-0.1, -0.05) is 18.9 Å². The molecule has 1 N–H and O–H groups in total. The molecule has 1 aromatic carbocycles. The van der Waals surface area contributed by atoms with Crippen molar-refractivity contribution in [2.75, 3.05) is 19.4 Å². The first kappa shape index (κ1) is 19.1. The van der Waals surface area contributed by atoms with Gasteiger partial charge in [-0.15, -0.1) is 0 Å². The first-order chi connectivity index (χ1) is 11.2. The Morgan fingerprint density at radius 3 is 2.62 bits per heavy atom. The maximum Gasteiger partial charge on any atom is 0.393 e. The lowest BCUT2D eigenvalue weighted by Gasteiger charge is -2.33. The number of nitrogens with one attached hydrogen (secondary N) is 1. The molecule has 0 radical (unpaired) electrons. The first-order valence-corrected chi connectivity index (χ1v) is 9.56. The Kier molecular flexibility index (Phi) is 6.14. The second-order valence-corrected chi connectivity index (χ2v) is 8.10. The molecule has 0 aromatic heterocycles. The molecule has 0 unspecified atom stereocenters. The molecule has 0 heterocycles. The van der Waals surface area contributed by atoms with E-state index < -0.39 is 28.0 Å². The van der Waals surface area contributed by atoms with Gasteiger partial charge in [-0.3, -0.25) is 0 Å². The van der Waals surface area contributed by atoms with Gasteiger partial charge in [0.2, 0.25) is 0 Å². The average Bonchev–Trinajstić information content (AvgIpc) is 2.54. The third kappa shape index (κ3) is 4.86. The number of hydrogen-bond acceptors (Lipinski definition) is 4. The number of methoxy groups -OCH3 is 1. The number of ether oxygens (including phenoxy) is 1. The van der Waals surface area contributed by atoms with Gasteiger partial charge in [0.1, 0.15) is 5.75 Å². The summed E-state index contributed by atoms with van der Waals surface area (Å²) in [5, 5.41) is 2.80. The number of halogens is 3. The van der Waals surface area contributed by atoms with E-state index in [4.69, 9.17) is 4.74 Å². The molecule has 24 heavy (non-hydrogen) atoms. The normalized spacial score (nSPS) is 22.3. The molecular formula is C16H22F3NO3S. The van der Waals surface area contributed by atoms with Crippen LogP contribution in [0.2, 0.25) is 0 Å². The molecule has 2 atom stereocenters. The van der Waals surface area contributed by atoms with Gasteiger partial charge in [0.15, 0.2) is 9.84 Å². The van der Waals surface area contributed by atoms with E-state index in [1.54, 1.807) is 12.1 Å². The van der Waals surface area contributed by atoms with Crippen LogP contribution in [-0.4, -0.2) is 40.0 Å². The second kappa shape index (κ2) is 7.74. The lowest BCUT2D eigenvalue weighted by atomic mass is 9.84. The number of hydrogen-bond donors (Lipinski definition) is 1. The zero-order valence-electron chi connectivity index (χ0n) is 13.5. The molecule has 1 aliphatic rings. The van der Waals surface area contributed by atoms with Crippen molar-refractivity contribution in [2.45, 2.75) is 42.8 Å². The molecule has 1 aliphatic carbocycles. The minimum absolute atomic E-state index is 0.00318. The van der Waals surface area contributed by atoms with Crippen LogP contribution in [-0.2, 0) is 9.84 Å². The molecule has 0 bridgehead atoms. The fourth-order valence-corrected chi connectivity index (χ4v) is 4.26. The lowest BCUT2D eigenvalue weighted by molar-refractivity contribution is -0.188. The quantitative estimate of drug-likeness (QED) is 0.841. The van der Waals surface area contributed by atoms with Crippen molar-refractivity contribution in [3.05, 3.63) is 24.3 Å². The molecule has 8 heteroatoms. The van der Waals surface area contributed by atoms with E-state index in [0.717, 1.165) is 6.42 Å². The van der Waals surface area contributed by atoms with E-state index in [1.807, 2.05) is 0 Å². The fraction of sp³-hybridized carbons (Fsp3) is 0.625. The third-order valence-corrected chi connectivity index (χ3v) is 6.08. The van der Waals surface area contributed by atoms with Crippen LogP contribution >= 0.6 is 0 Å². The van der Waals surface area contributed by atoms with Gasteiger partial charge in [0.05, 0.1) is 23.7 Å². The molecule has 2 rings (SSSR count). The van der Waals surface area contributed by atoms with E-state index in [-0.39, 0.29) is 23.6 Å². The van der Waals surface area contributed by atoms with E-state index in [0.29, 0.717) is 18.6 Å². The minimum Gasteiger partial charge on any atom is -0.497 e. The van der Waals surface area contributed by atoms with Crippen molar-refractivity contribution < 1.29 is 26.3 Å². The summed E-state index contributed by atoms with van der Waals surface area (Å²) in [6, 6.07) is 5.36. The summed E-state index contributed by atoms with van der Waals surface area (Å²) >= 11 is 0. The first-order valence-electron chi connectivity index (χ1n) is 7.91. The van der Waals surface area contributed by atoms with Crippen molar-refractivity contribution in [2.24, 2.45) is 5.92 Å². The summed E-state index contributed by atoms with van der Waals surface area (Å²) in [6.45, 7) is -0.00318. The molecule has 1 fully saturated rings. The van der Waals surface area contributed by atoms with Crippen LogP contribution in [0, 0.1) is 5.92 Å². The predicted molar refractivity (Wildman–Crippen MR) is 84.9 cm³/mol. The van der Waals surface area contributed by atoms with Crippen LogP contribution in [0.3, 0.4) is 0 Å². The Bertz CT molecular complexity index is 646. The van der Waals surface area contributed by atoms with Gasteiger partial charge in [-0.05, 0) is 31.0 Å². The van der Waals surface area contributed by atoms with Crippen LogP contribution in [0.15, 0.2) is 29.2 Å². The third-order valence-electron chi connectivity index (χ3n) is 4.36. The molecule has 0 amide bonds. The lowest BCUT2D eigenvalue weighted by Crippen LogP contribution is -2.46. The van der Waals surface area contributed by atoms with Gasteiger partial charge >= 0.3 is 6.18 Å². The van der Waals surface area contributed by atoms with Gasteiger partial charge in [-0.25, -0.2) is 8.42 Å². The van der Waals surface area contributed by atoms with Crippen molar-refractivity contribution in [3.63, 3.8) is 0 Å². The molecule has 136 valence electrons. The summed E-state index contributed by atoms with van der Waals surface area (Å²) in [4.78, 5) is 0.111. The SMILES string of the molecule is COc1cccc(S(=O)(=O)CCN[C@H]2CCCC[C@H]2C(F)(F)F)c1. The number of rotatable bonds is 6. The summed E-state index contributed by atoms with van der Waals surface area (Å²) in [5.74, 6) is -1.22. The van der Waals surface area contributed by atoms with E-state index in [1.165, 1.54) is 19.2 Å². The molecule has 1 saturated carbocycles. The van der Waals surface area contributed by atoms with Crippen molar-refractivity contribution in [1.82, 2.24) is 5.32 Å². The average molecular weight is 365 g/mol. The van der Waals surface area contributed by atoms with Crippen LogP contribution in [0.4, 0.5) is 13.2 Å². The van der Waals surface area contributed by atoms with E-state index >= 15 is 0 Å². The van der Waals surface area contributed by atoms with Crippen molar-refractivity contribution in [1.29, 1.82) is 0 Å². The fourth-order valence-electron chi connectivity index (χ4n) is 3.06. The molecule has 0 aliphatic heterocycles. The standard InChI is InChI=1S/C16H22F3NO3S/c1-23-12-5-4-6-13(11-12)24(21,22)10-9-20-15-8-3-2-7-14(15)16(17,18)19/h4-6,11,14-15,20H,2-3,7-10H2,1H3/t14-,15+/m1/s1. The van der Waals surface area contributed by atoms with Crippen LogP contribution in [0.1, 0.15) is 25.7 Å². The Morgan fingerprint density at radius 1 is 1.25 bits per heavy atom. The van der Waals surface area contributed by atoms with Crippen LogP contribution in [0.5, 0.6) is 5.75 Å². The Morgan fingerprint density at radius 2 is 1.96 bits per heavy atom. The summed E-state index contributed by atoms with van der Waals surface area (Å²) in [5.41, 5.74) is 0. The Balaban J connectivity index is 1.96. The molecule has 1 aromatic rings. The highest BCUT2D eigenvalue weighted by Crippen LogP contribution is 2.37. The van der Waals surface area contributed by atoms with Crippen LogP contribution < -0.4 is 10.1 Å². The van der Waals surface area contributed by atoms with E-state index in [2.05, 4.69) is 5.32 Å². The monoisotopic (exact) mass is 365 g/mol. The maximum absolute atomic E-state index is 13.0. The minimum atomic E-state index is -4.25. The Hall–Kier alpha value is -1.28. The molecule has 4 nitrogen and oxygen atoms in total. The highest BCUT2D eigenvalue weighted by Gasteiger charge is 2.45. The summed E-state index contributed by atoms with van der Waals surface area (Å²) < 4.78 is 68.7. The van der Waals surface area contributed by atoms with Crippen LogP contribution in [0.25, 0.3) is 0 Å².